The smallest absolute Gasteiger partial charge is 0.207 e. The van der Waals surface area contributed by atoms with E-state index in [4.69, 9.17) is 11.6 Å². The molecule has 0 radical (unpaired) electrons. The molecule has 4 aromatic carbocycles. The molecule has 3 nitrogen and oxygen atoms in total. The van der Waals surface area contributed by atoms with E-state index in [1.54, 1.807) is 12.1 Å². The van der Waals surface area contributed by atoms with Gasteiger partial charge in [0, 0.05) is 5.02 Å². The van der Waals surface area contributed by atoms with Crippen molar-refractivity contribution in [1.29, 1.82) is 0 Å². The molecule has 1 unspecified atom stereocenters. The Morgan fingerprint density at radius 3 is 2.00 bits per heavy atom. The van der Waals surface area contributed by atoms with Gasteiger partial charge in [-0.3, -0.25) is 0 Å². The van der Waals surface area contributed by atoms with Gasteiger partial charge in [0.15, 0.2) is 0 Å². The minimum absolute atomic E-state index is 0.242. The van der Waals surface area contributed by atoms with Crippen molar-refractivity contribution >= 4 is 32.8 Å². The lowest BCUT2D eigenvalue weighted by atomic mass is 9.92. The van der Waals surface area contributed by atoms with E-state index >= 15 is 0 Å². The topological polar surface area (TPSA) is 46.2 Å². The first-order valence-electron chi connectivity index (χ1n) is 11.5. The maximum atomic E-state index is 13.6. The first kappa shape index (κ1) is 23.6. The Bertz CT molecular complexity index is 1570. The number of hydrogen-bond acceptors (Lipinski definition) is 2. The van der Waals surface area contributed by atoms with E-state index in [2.05, 4.69) is 35.9 Å². The molecule has 5 rings (SSSR count). The van der Waals surface area contributed by atoms with Crippen molar-refractivity contribution in [3.63, 3.8) is 0 Å². The zero-order valence-corrected chi connectivity index (χ0v) is 21.4. The minimum atomic E-state index is -3.80. The number of benzene rings is 4. The first-order chi connectivity index (χ1) is 16.7. The molecule has 0 aromatic heterocycles. The summed E-state index contributed by atoms with van der Waals surface area (Å²) in [6, 6.07) is 28.5. The molecule has 0 amide bonds. The summed E-state index contributed by atoms with van der Waals surface area (Å²) in [5.41, 5.74) is 8.99. The third-order valence-electron chi connectivity index (χ3n) is 6.39. The largest absolute Gasteiger partial charge is 0.241 e. The van der Waals surface area contributed by atoms with Gasteiger partial charge in [0.2, 0.25) is 10.0 Å². The van der Waals surface area contributed by atoms with E-state index in [1.807, 2.05) is 68.4 Å². The predicted octanol–water partition coefficient (Wildman–Crippen LogP) is 7.26. The molecule has 4 aromatic rings. The van der Waals surface area contributed by atoms with Gasteiger partial charge >= 0.3 is 0 Å². The van der Waals surface area contributed by atoms with Crippen LogP contribution in [0.1, 0.15) is 45.0 Å². The number of rotatable bonds is 5. The highest BCUT2D eigenvalue weighted by Gasteiger charge is 2.36. The van der Waals surface area contributed by atoms with Gasteiger partial charge < -0.3 is 0 Å². The highest BCUT2D eigenvalue weighted by molar-refractivity contribution is 7.89. The Morgan fingerprint density at radius 2 is 1.34 bits per heavy atom. The van der Waals surface area contributed by atoms with Gasteiger partial charge in [-0.15, -0.1) is 0 Å². The fraction of sp³-hybridized carbons (Fsp3) is 0.133. The number of sulfonamides is 1. The lowest BCUT2D eigenvalue weighted by Crippen LogP contribution is -2.28. The average molecular weight is 500 g/mol. The van der Waals surface area contributed by atoms with Crippen LogP contribution in [-0.2, 0) is 10.0 Å². The average Bonchev–Trinajstić information content (AvgIpc) is 3.12. The second-order valence-corrected chi connectivity index (χ2v) is 11.3. The molecule has 0 saturated carbocycles. The summed E-state index contributed by atoms with van der Waals surface area (Å²) in [7, 11) is -3.80. The summed E-state index contributed by atoms with van der Waals surface area (Å²) < 4.78 is 30.1. The quantitative estimate of drug-likeness (QED) is 0.314. The Morgan fingerprint density at radius 1 is 0.714 bits per heavy atom. The van der Waals surface area contributed by atoms with Gasteiger partial charge in [0.05, 0.1) is 10.9 Å². The van der Waals surface area contributed by atoms with Crippen LogP contribution < -0.4 is 4.72 Å². The second kappa shape index (κ2) is 9.12. The molecule has 1 aliphatic carbocycles. The minimum Gasteiger partial charge on any atom is -0.207 e. The molecule has 0 saturated heterocycles. The van der Waals surface area contributed by atoms with Crippen LogP contribution in [0.2, 0.25) is 5.02 Å². The second-order valence-electron chi connectivity index (χ2n) is 9.13. The molecule has 0 spiro atoms. The first-order valence-corrected chi connectivity index (χ1v) is 13.4. The fourth-order valence-electron chi connectivity index (χ4n) is 4.74. The van der Waals surface area contributed by atoms with Crippen LogP contribution in [0, 0.1) is 20.8 Å². The van der Waals surface area contributed by atoms with Crippen molar-refractivity contribution in [2.45, 2.75) is 31.7 Å². The van der Waals surface area contributed by atoms with Crippen LogP contribution in [0.4, 0.5) is 0 Å². The zero-order valence-electron chi connectivity index (χ0n) is 19.8. The van der Waals surface area contributed by atoms with Crippen LogP contribution in [0.25, 0.3) is 11.1 Å². The molecule has 35 heavy (non-hydrogen) atoms. The van der Waals surface area contributed by atoms with Gasteiger partial charge in [-0.2, -0.15) is 4.72 Å². The van der Waals surface area contributed by atoms with E-state index in [0.29, 0.717) is 5.02 Å². The van der Waals surface area contributed by atoms with Crippen molar-refractivity contribution < 1.29 is 8.42 Å². The monoisotopic (exact) mass is 499 g/mol. The van der Waals surface area contributed by atoms with Crippen LogP contribution in [0.5, 0.6) is 0 Å². The number of nitrogens with one attached hydrogen (secondary N) is 1. The van der Waals surface area contributed by atoms with E-state index in [0.717, 1.165) is 50.1 Å². The van der Waals surface area contributed by atoms with Crippen molar-refractivity contribution in [3.8, 4) is 0 Å². The Hall–Kier alpha value is -3.18. The summed E-state index contributed by atoms with van der Waals surface area (Å²) in [4.78, 5) is 0.242. The molecule has 0 aliphatic heterocycles. The highest BCUT2D eigenvalue weighted by Crippen LogP contribution is 2.49. The van der Waals surface area contributed by atoms with Crippen LogP contribution in [0.3, 0.4) is 0 Å². The molecule has 5 heteroatoms. The Labute approximate surface area is 212 Å². The van der Waals surface area contributed by atoms with Crippen molar-refractivity contribution in [3.05, 3.63) is 135 Å². The summed E-state index contributed by atoms with van der Waals surface area (Å²) in [5, 5.41) is 0.611. The number of aryl methyl sites for hydroxylation is 3. The van der Waals surface area contributed by atoms with Crippen molar-refractivity contribution in [1.82, 2.24) is 4.72 Å². The molecular formula is C30H26ClNO2S. The van der Waals surface area contributed by atoms with Crippen molar-refractivity contribution in [2.75, 3.05) is 0 Å². The summed E-state index contributed by atoms with van der Waals surface area (Å²) in [6.07, 6.45) is 0. The van der Waals surface area contributed by atoms with Crippen molar-refractivity contribution in [2.24, 2.45) is 0 Å². The van der Waals surface area contributed by atoms with Crippen LogP contribution >= 0.6 is 11.6 Å². The SMILES string of the molecule is Cc1ccc(S(=O)(=O)NC2C(c3cccc(C)c3)=C(c3cccc(C)c3)c3cc(Cl)ccc32)cc1. The molecule has 1 aliphatic rings. The molecule has 1 N–H and O–H groups in total. The summed E-state index contributed by atoms with van der Waals surface area (Å²) in [6.45, 7) is 6.04. The molecule has 1 atom stereocenters. The van der Waals surface area contributed by atoms with E-state index in [9.17, 15) is 8.42 Å². The van der Waals surface area contributed by atoms with Gasteiger partial charge in [-0.25, -0.2) is 8.42 Å². The molecular weight excluding hydrogens is 474 g/mol. The molecule has 0 fully saturated rings. The number of hydrogen-bond donors (Lipinski definition) is 1. The molecule has 0 heterocycles. The number of fused-ring (bicyclic) bond motifs is 1. The van der Waals surface area contributed by atoms with E-state index in [1.165, 1.54) is 0 Å². The van der Waals surface area contributed by atoms with Gasteiger partial charge in [-0.1, -0.05) is 95.0 Å². The van der Waals surface area contributed by atoms with E-state index in [-0.39, 0.29) is 4.90 Å². The number of halogens is 1. The lowest BCUT2D eigenvalue weighted by molar-refractivity contribution is 0.576. The highest BCUT2D eigenvalue weighted by atomic mass is 35.5. The summed E-state index contributed by atoms with van der Waals surface area (Å²) >= 11 is 6.46. The maximum Gasteiger partial charge on any atom is 0.241 e. The van der Waals surface area contributed by atoms with Crippen LogP contribution in [-0.4, -0.2) is 8.42 Å². The zero-order chi connectivity index (χ0) is 24.7. The van der Waals surface area contributed by atoms with Gasteiger partial charge in [0.1, 0.15) is 0 Å². The van der Waals surface area contributed by atoms with E-state index < -0.39 is 16.1 Å². The maximum absolute atomic E-state index is 13.6. The lowest BCUT2D eigenvalue weighted by Gasteiger charge is -2.20. The Balaban J connectivity index is 1.77. The fourth-order valence-corrected chi connectivity index (χ4v) is 6.10. The standard InChI is InChI=1S/C30H26ClNO2S/c1-19-10-13-25(14-11-19)35(33,34)32-30-26-15-12-24(31)18-27(26)28(22-8-4-6-20(2)16-22)29(30)23-9-5-7-21(3)17-23/h4-18,30,32H,1-3H3. The van der Waals surface area contributed by atoms with Gasteiger partial charge in [-0.05, 0) is 78.4 Å². The van der Waals surface area contributed by atoms with Gasteiger partial charge in [0.25, 0.3) is 0 Å². The van der Waals surface area contributed by atoms with Crippen LogP contribution in [0.15, 0.2) is 95.9 Å². The molecule has 0 bridgehead atoms. The Kier molecular flexibility index (Phi) is 6.14. The third-order valence-corrected chi connectivity index (χ3v) is 8.07. The third kappa shape index (κ3) is 4.57. The predicted molar refractivity (Wildman–Crippen MR) is 144 cm³/mol. The summed E-state index contributed by atoms with van der Waals surface area (Å²) in [5.74, 6) is 0. The normalized spacial score (nSPS) is 15.4. The molecule has 176 valence electrons.